The van der Waals surface area contributed by atoms with Crippen LogP contribution in [0.5, 0.6) is 0 Å². The standard InChI is InChI=1S/C15H28BrNO/c1-15(2,3)12-8-4-5-9-13(12)17-14(18)10-6-7-11-16/h12-13H,4-11H2,1-3H3,(H,17,18). The maximum absolute atomic E-state index is 11.9. The van der Waals surface area contributed by atoms with Crippen molar-refractivity contribution in [1.82, 2.24) is 5.32 Å². The van der Waals surface area contributed by atoms with Crippen LogP contribution in [0.15, 0.2) is 0 Å². The van der Waals surface area contributed by atoms with Gasteiger partial charge in [-0.25, -0.2) is 0 Å². The Morgan fingerprint density at radius 3 is 2.50 bits per heavy atom. The quantitative estimate of drug-likeness (QED) is 0.595. The highest BCUT2D eigenvalue weighted by molar-refractivity contribution is 9.09. The summed E-state index contributed by atoms with van der Waals surface area (Å²) in [6, 6.07) is 0.398. The molecule has 2 nitrogen and oxygen atoms in total. The molecule has 0 aliphatic heterocycles. The summed E-state index contributed by atoms with van der Waals surface area (Å²) in [7, 11) is 0. The van der Waals surface area contributed by atoms with Crippen molar-refractivity contribution in [2.75, 3.05) is 5.33 Å². The molecule has 0 heterocycles. The van der Waals surface area contributed by atoms with Crippen molar-refractivity contribution in [3.8, 4) is 0 Å². The number of alkyl halides is 1. The summed E-state index contributed by atoms with van der Waals surface area (Å²) in [5.74, 6) is 0.878. The lowest BCUT2D eigenvalue weighted by molar-refractivity contribution is -0.122. The Balaban J connectivity index is 2.44. The zero-order valence-corrected chi connectivity index (χ0v) is 13.7. The lowest BCUT2D eigenvalue weighted by atomic mass is 9.69. The molecule has 2 unspecified atom stereocenters. The van der Waals surface area contributed by atoms with Crippen LogP contribution in [0.4, 0.5) is 0 Å². The number of carbonyl (C=O) groups excluding carboxylic acids is 1. The second-order valence-corrected chi connectivity index (χ2v) is 7.37. The van der Waals surface area contributed by atoms with Crippen molar-refractivity contribution >= 4 is 21.8 Å². The maximum atomic E-state index is 11.9. The molecule has 1 rings (SSSR count). The first-order valence-electron chi connectivity index (χ1n) is 7.30. The summed E-state index contributed by atoms with van der Waals surface area (Å²) >= 11 is 3.40. The molecule has 0 aromatic heterocycles. The van der Waals surface area contributed by atoms with Gasteiger partial charge in [-0.1, -0.05) is 49.5 Å². The Kier molecular flexibility index (Phi) is 6.68. The predicted octanol–water partition coefficient (Wildman–Crippen LogP) is 4.27. The number of unbranched alkanes of at least 4 members (excludes halogenated alkanes) is 1. The van der Waals surface area contributed by atoms with Crippen molar-refractivity contribution in [3.05, 3.63) is 0 Å². The molecule has 18 heavy (non-hydrogen) atoms. The van der Waals surface area contributed by atoms with Crippen molar-refractivity contribution in [3.63, 3.8) is 0 Å². The fraction of sp³-hybridized carbons (Fsp3) is 0.933. The van der Waals surface area contributed by atoms with Crippen LogP contribution < -0.4 is 5.32 Å². The van der Waals surface area contributed by atoms with Gasteiger partial charge in [-0.2, -0.15) is 0 Å². The molecule has 1 aliphatic carbocycles. The van der Waals surface area contributed by atoms with E-state index >= 15 is 0 Å². The minimum absolute atomic E-state index is 0.247. The van der Waals surface area contributed by atoms with Crippen LogP contribution >= 0.6 is 15.9 Å². The number of carbonyl (C=O) groups is 1. The zero-order valence-electron chi connectivity index (χ0n) is 12.1. The Morgan fingerprint density at radius 1 is 1.22 bits per heavy atom. The minimum atomic E-state index is 0.247. The molecule has 0 aromatic rings. The van der Waals surface area contributed by atoms with Crippen molar-refractivity contribution in [2.24, 2.45) is 11.3 Å². The average molecular weight is 318 g/mol. The van der Waals surface area contributed by atoms with Gasteiger partial charge in [-0.3, -0.25) is 4.79 Å². The third kappa shape index (κ3) is 5.29. The fourth-order valence-electron chi connectivity index (χ4n) is 3.00. The molecular weight excluding hydrogens is 290 g/mol. The van der Waals surface area contributed by atoms with Gasteiger partial charge in [0.25, 0.3) is 0 Å². The van der Waals surface area contributed by atoms with E-state index in [0.717, 1.165) is 24.6 Å². The Labute approximate surface area is 120 Å². The second-order valence-electron chi connectivity index (χ2n) is 6.58. The van der Waals surface area contributed by atoms with Gasteiger partial charge in [0.1, 0.15) is 0 Å². The first-order chi connectivity index (χ1) is 8.45. The molecule has 0 bridgehead atoms. The van der Waals surface area contributed by atoms with Gasteiger partial charge >= 0.3 is 0 Å². The average Bonchev–Trinajstić information content (AvgIpc) is 2.28. The van der Waals surface area contributed by atoms with Gasteiger partial charge < -0.3 is 5.32 Å². The Bertz CT molecular complexity index is 260. The lowest BCUT2D eigenvalue weighted by Gasteiger charge is -2.40. The molecule has 0 radical (unpaired) electrons. The minimum Gasteiger partial charge on any atom is -0.353 e. The van der Waals surface area contributed by atoms with E-state index in [1.165, 1.54) is 19.3 Å². The molecule has 0 spiro atoms. The van der Waals surface area contributed by atoms with E-state index < -0.39 is 0 Å². The van der Waals surface area contributed by atoms with Gasteiger partial charge in [-0.15, -0.1) is 0 Å². The highest BCUT2D eigenvalue weighted by Crippen LogP contribution is 2.37. The van der Waals surface area contributed by atoms with Crippen molar-refractivity contribution in [1.29, 1.82) is 0 Å². The topological polar surface area (TPSA) is 29.1 Å². The fourth-order valence-corrected chi connectivity index (χ4v) is 3.40. The number of halogens is 1. The van der Waals surface area contributed by atoms with E-state index in [-0.39, 0.29) is 5.91 Å². The molecule has 106 valence electrons. The molecule has 1 aliphatic rings. The predicted molar refractivity (Wildman–Crippen MR) is 81.0 cm³/mol. The van der Waals surface area contributed by atoms with Gasteiger partial charge in [0, 0.05) is 17.8 Å². The molecule has 1 amide bonds. The number of rotatable bonds is 5. The highest BCUT2D eigenvalue weighted by Gasteiger charge is 2.34. The van der Waals surface area contributed by atoms with Crippen LogP contribution in [0.3, 0.4) is 0 Å². The largest absolute Gasteiger partial charge is 0.353 e. The summed E-state index contributed by atoms with van der Waals surface area (Å²) in [5.41, 5.74) is 0.300. The van der Waals surface area contributed by atoms with E-state index in [9.17, 15) is 4.79 Å². The van der Waals surface area contributed by atoms with Crippen LogP contribution in [0, 0.1) is 11.3 Å². The first kappa shape index (κ1) is 16.0. The summed E-state index contributed by atoms with van der Waals surface area (Å²) in [4.78, 5) is 11.9. The SMILES string of the molecule is CC(C)(C)C1CCCCC1NC(=O)CCCCBr. The van der Waals surface area contributed by atoms with Crippen molar-refractivity contribution < 1.29 is 4.79 Å². The van der Waals surface area contributed by atoms with Crippen LogP contribution in [-0.4, -0.2) is 17.3 Å². The van der Waals surface area contributed by atoms with E-state index in [1.54, 1.807) is 0 Å². The summed E-state index contributed by atoms with van der Waals surface area (Å²) < 4.78 is 0. The summed E-state index contributed by atoms with van der Waals surface area (Å²) in [6.45, 7) is 6.90. The normalized spacial score (nSPS) is 24.9. The first-order valence-corrected chi connectivity index (χ1v) is 8.42. The van der Waals surface area contributed by atoms with Crippen LogP contribution in [0.2, 0.25) is 0 Å². The summed E-state index contributed by atoms with van der Waals surface area (Å²) in [6.07, 6.45) is 7.75. The third-order valence-electron chi connectivity index (χ3n) is 4.01. The molecular formula is C15H28BrNO. The van der Waals surface area contributed by atoms with E-state index in [2.05, 4.69) is 42.0 Å². The molecule has 0 aromatic carbocycles. The maximum Gasteiger partial charge on any atom is 0.220 e. The molecule has 3 heteroatoms. The van der Waals surface area contributed by atoms with Gasteiger partial charge in [0.05, 0.1) is 0 Å². The summed E-state index contributed by atoms with van der Waals surface area (Å²) in [5, 5.41) is 4.27. The molecule has 1 fully saturated rings. The van der Waals surface area contributed by atoms with E-state index in [0.29, 0.717) is 23.8 Å². The molecule has 1 N–H and O–H groups in total. The Morgan fingerprint density at radius 2 is 1.89 bits per heavy atom. The van der Waals surface area contributed by atoms with E-state index in [4.69, 9.17) is 0 Å². The zero-order chi connectivity index (χ0) is 13.6. The number of amides is 1. The second kappa shape index (κ2) is 7.52. The Hall–Kier alpha value is -0.0500. The third-order valence-corrected chi connectivity index (χ3v) is 4.57. The number of hydrogen-bond acceptors (Lipinski definition) is 1. The number of hydrogen-bond donors (Lipinski definition) is 1. The number of nitrogens with one attached hydrogen (secondary N) is 1. The molecule has 2 atom stereocenters. The van der Waals surface area contributed by atoms with Gasteiger partial charge in [-0.05, 0) is 37.0 Å². The van der Waals surface area contributed by atoms with Crippen LogP contribution in [-0.2, 0) is 4.79 Å². The monoisotopic (exact) mass is 317 g/mol. The van der Waals surface area contributed by atoms with Crippen molar-refractivity contribution in [2.45, 2.75) is 71.8 Å². The van der Waals surface area contributed by atoms with E-state index in [1.807, 2.05) is 0 Å². The van der Waals surface area contributed by atoms with Crippen LogP contribution in [0.1, 0.15) is 65.7 Å². The highest BCUT2D eigenvalue weighted by atomic mass is 79.9. The molecule has 1 saturated carbocycles. The smallest absolute Gasteiger partial charge is 0.220 e. The van der Waals surface area contributed by atoms with Crippen LogP contribution in [0.25, 0.3) is 0 Å². The van der Waals surface area contributed by atoms with Gasteiger partial charge in [0.15, 0.2) is 0 Å². The van der Waals surface area contributed by atoms with Gasteiger partial charge in [0.2, 0.25) is 5.91 Å². The molecule has 0 saturated heterocycles. The lowest BCUT2D eigenvalue weighted by Crippen LogP contribution is -2.46.